The smallest absolute Gasteiger partial charge is 0.307 e. The Bertz CT molecular complexity index is 833. The van der Waals surface area contributed by atoms with Crippen LogP contribution in [0.25, 0.3) is 5.57 Å². The molecule has 1 heterocycles. The summed E-state index contributed by atoms with van der Waals surface area (Å²) in [6.07, 6.45) is 1.64. The molecule has 0 amide bonds. The molecule has 1 atom stereocenters. The van der Waals surface area contributed by atoms with Gasteiger partial charge in [0.05, 0.1) is 10.6 Å². The van der Waals surface area contributed by atoms with E-state index >= 15 is 0 Å². The highest BCUT2D eigenvalue weighted by Gasteiger charge is 2.40. The van der Waals surface area contributed by atoms with Crippen molar-refractivity contribution in [3.05, 3.63) is 64.9 Å². The van der Waals surface area contributed by atoms with Crippen molar-refractivity contribution in [2.75, 3.05) is 0 Å². The van der Waals surface area contributed by atoms with Crippen molar-refractivity contribution < 1.29 is 9.09 Å². The molecule has 0 aromatic heterocycles. The molecule has 0 spiro atoms. The number of aryl methyl sites for hydroxylation is 2. The molecular weight excluding hydrogens is 303 g/mol. The van der Waals surface area contributed by atoms with Crippen LogP contribution in [0, 0.1) is 13.8 Å². The van der Waals surface area contributed by atoms with Crippen molar-refractivity contribution in [2.24, 2.45) is 0 Å². The Labute approximate surface area is 138 Å². The van der Waals surface area contributed by atoms with E-state index in [1.807, 2.05) is 50.2 Å². The minimum Gasteiger partial charge on any atom is -0.441 e. The summed E-state index contributed by atoms with van der Waals surface area (Å²) in [5, 5.41) is 1.69. The van der Waals surface area contributed by atoms with Crippen molar-refractivity contribution in [2.45, 2.75) is 40.5 Å². The maximum atomic E-state index is 14.1. The van der Waals surface area contributed by atoms with Crippen LogP contribution in [-0.2, 0) is 9.09 Å². The lowest BCUT2D eigenvalue weighted by Crippen LogP contribution is -2.28. The molecule has 0 N–H and O–H groups in total. The first-order valence-corrected chi connectivity index (χ1v) is 9.83. The van der Waals surface area contributed by atoms with Crippen molar-refractivity contribution in [1.82, 2.24) is 0 Å². The molecular formula is C20H23O2P. The van der Waals surface area contributed by atoms with Crippen molar-refractivity contribution in [1.29, 1.82) is 0 Å². The second-order valence-corrected chi connectivity index (χ2v) is 8.22. The Morgan fingerprint density at radius 1 is 0.913 bits per heavy atom. The summed E-state index contributed by atoms with van der Waals surface area (Å²) in [5.74, 6) is 0.872. The van der Waals surface area contributed by atoms with Crippen LogP contribution in [0.15, 0.2) is 48.2 Å². The predicted octanol–water partition coefficient (Wildman–Crippen LogP) is 5.09. The molecule has 0 fully saturated rings. The van der Waals surface area contributed by atoms with Gasteiger partial charge >= 0.3 is 7.37 Å². The van der Waals surface area contributed by atoms with E-state index in [-0.39, 0.29) is 0 Å². The quantitative estimate of drug-likeness (QED) is 0.734. The molecule has 23 heavy (non-hydrogen) atoms. The Morgan fingerprint density at radius 3 is 2.26 bits per heavy atom. The normalized spacial score (nSPS) is 20.2. The topological polar surface area (TPSA) is 26.3 Å². The number of fused-ring (bicyclic) bond motifs is 1. The molecule has 3 heteroatoms. The Morgan fingerprint density at radius 2 is 1.61 bits per heavy atom. The highest BCUT2D eigenvalue weighted by molar-refractivity contribution is 7.74. The third kappa shape index (κ3) is 2.46. The van der Waals surface area contributed by atoms with Crippen LogP contribution in [0.4, 0.5) is 0 Å². The first kappa shape index (κ1) is 16.1. The number of rotatable bonds is 3. The minimum atomic E-state index is -3.11. The summed E-state index contributed by atoms with van der Waals surface area (Å²) in [7, 11) is -3.11. The van der Waals surface area contributed by atoms with Gasteiger partial charge in [0.25, 0.3) is 0 Å². The van der Waals surface area contributed by atoms with Gasteiger partial charge in [-0.25, -0.2) is 0 Å². The summed E-state index contributed by atoms with van der Waals surface area (Å²) in [6, 6.07) is 14.0. The molecule has 0 bridgehead atoms. The standard InChI is InChI=1S/C20H23O2P/c1-5-16-17-12-9-11-15(4)20(17)23(21,22-18(16)6-2)19-13-8-7-10-14(19)3/h7-13H,5-6H2,1-4H3. The molecule has 0 saturated heterocycles. The third-order valence-corrected chi connectivity index (χ3v) is 7.34. The third-order valence-electron chi connectivity index (χ3n) is 4.54. The molecule has 1 aliphatic rings. The van der Waals surface area contributed by atoms with Gasteiger partial charge in [0.2, 0.25) is 0 Å². The Balaban J connectivity index is 2.37. The molecule has 2 nitrogen and oxygen atoms in total. The van der Waals surface area contributed by atoms with E-state index in [4.69, 9.17) is 4.52 Å². The van der Waals surface area contributed by atoms with E-state index in [1.54, 1.807) is 0 Å². The maximum absolute atomic E-state index is 14.1. The van der Waals surface area contributed by atoms with E-state index in [2.05, 4.69) is 19.9 Å². The summed E-state index contributed by atoms with van der Waals surface area (Å²) >= 11 is 0. The monoisotopic (exact) mass is 326 g/mol. The zero-order valence-electron chi connectivity index (χ0n) is 14.2. The van der Waals surface area contributed by atoms with E-state index in [0.29, 0.717) is 0 Å². The molecule has 2 aromatic carbocycles. The fraction of sp³-hybridized carbons (Fsp3) is 0.300. The molecule has 0 radical (unpaired) electrons. The predicted molar refractivity (Wildman–Crippen MR) is 97.8 cm³/mol. The number of benzene rings is 2. The summed E-state index contributed by atoms with van der Waals surface area (Å²) in [5.41, 5.74) is 4.34. The lowest BCUT2D eigenvalue weighted by atomic mass is 9.99. The van der Waals surface area contributed by atoms with Gasteiger partial charge in [-0.15, -0.1) is 0 Å². The van der Waals surface area contributed by atoms with Crippen LogP contribution < -0.4 is 10.6 Å². The minimum absolute atomic E-state index is 0.756. The number of hydrogen-bond acceptors (Lipinski definition) is 2. The lowest BCUT2D eigenvalue weighted by molar-refractivity contribution is 0.406. The first-order valence-electron chi connectivity index (χ1n) is 8.21. The highest BCUT2D eigenvalue weighted by Crippen LogP contribution is 2.54. The van der Waals surface area contributed by atoms with Crippen LogP contribution >= 0.6 is 7.37 Å². The molecule has 0 aliphatic carbocycles. The fourth-order valence-electron chi connectivity index (χ4n) is 3.43. The van der Waals surface area contributed by atoms with E-state index in [0.717, 1.165) is 45.9 Å². The Hall–Kier alpha value is -1.79. The summed E-state index contributed by atoms with van der Waals surface area (Å²) in [6.45, 7) is 8.22. The fourth-order valence-corrected chi connectivity index (χ4v) is 6.30. The Kier molecular flexibility index (Phi) is 4.21. The average Bonchev–Trinajstić information content (AvgIpc) is 2.54. The summed E-state index contributed by atoms with van der Waals surface area (Å²) in [4.78, 5) is 0. The van der Waals surface area contributed by atoms with Crippen molar-refractivity contribution >= 4 is 23.6 Å². The van der Waals surface area contributed by atoms with Crippen molar-refractivity contribution in [3.8, 4) is 0 Å². The van der Waals surface area contributed by atoms with Gasteiger partial charge in [0.15, 0.2) is 0 Å². The van der Waals surface area contributed by atoms with E-state index in [1.165, 1.54) is 5.57 Å². The van der Waals surface area contributed by atoms with Crippen LogP contribution in [-0.4, -0.2) is 0 Å². The van der Waals surface area contributed by atoms with Gasteiger partial charge in [0, 0.05) is 6.42 Å². The summed E-state index contributed by atoms with van der Waals surface area (Å²) < 4.78 is 20.3. The SMILES string of the molecule is CCC1=C(CC)c2cccc(C)c2P(=O)(c2ccccc2C)O1. The van der Waals surface area contributed by atoms with Crippen LogP contribution in [0.2, 0.25) is 0 Å². The first-order chi connectivity index (χ1) is 11.0. The van der Waals surface area contributed by atoms with E-state index < -0.39 is 7.37 Å². The second kappa shape index (κ2) is 6.02. The highest BCUT2D eigenvalue weighted by atomic mass is 31.2. The zero-order chi connectivity index (χ0) is 16.6. The molecule has 3 rings (SSSR count). The largest absolute Gasteiger partial charge is 0.441 e. The molecule has 1 aliphatic heterocycles. The van der Waals surface area contributed by atoms with Gasteiger partial charge in [-0.05, 0) is 48.6 Å². The average molecular weight is 326 g/mol. The van der Waals surface area contributed by atoms with Gasteiger partial charge in [-0.2, -0.15) is 0 Å². The van der Waals surface area contributed by atoms with Crippen LogP contribution in [0.5, 0.6) is 0 Å². The number of allylic oxidation sites excluding steroid dienone is 2. The number of hydrogen-bond donors (Lipinski definition) is 0. The molecule has 0 saturated carbocycles. The van der Waals surface area contributed by atoms with E-state index in [9.17, 15) is 4.57 Å². The molecule has 2 aromatic rings. The van der Waals surface area contributed by atoms with Crippen molar-refractivity contribution in [3.63, 3.8) is 0 Å². The molecule has 1 unspecified atom stereocenters. The van der Waals surface area contributed by atoms with Crippen LogP contribution in [0.3, 0.4) is 0 Å². The van der Waals surface area contributed by atoms with Gasteiger partial charge in [0.1, 0.15) is 5.76 Å². The van der Waals surface area contributed by atoms with Gasteiger partial charge in [-0.1, -0.05) is 50.2 Å². The zero-order valence-corrected chi connectivity index (χ0v) is 15.1. The van der Waals surface area contributed by atoms with Crippen LogP contribution in [0.1, 0.15) is 43.4 Å². The lowest BCUT2D eigenvalue weighted by Gasteiger charge is -2.32. The molecule has 120 valence electrons. The van der Waals surface area contributed by atoms with Gasteiger partial charge < -0.3 is 4.52 Å². The maximum Gasteiger partial charge on any atom is 0.307 e. The second-order valence-electron chi connectivity index (χ2n) is 6.01. The van der Waals surface area contributed by atoms with Gasteiger partial charge in [-0.3, -0.25) is 4.57 Å².